The van der Waals surface area contributed by atoms with Crippen molar-refractivity contribution in [3.63, 3.8) is 0 Å². The van der Waals surface area contributed by atoms with E-state index < -0.39 is 23.6 Å². The van der Waals surface area contributed by atoms with Gasteiger partial charge in [-0.15, -0.1) is 0 Å². The monoisotopic (exact) mass is 435 g/mol. The van der Waals surface area contributed by atoms with Crippen LogP contribution in [0.2, 0.25) is 0 Å². The fourth-order valence-electron chi connectivity index (χ4n) is 3.45. The third-order valence-corrected chi connectivity index (χ3v) is 5.23. The van der Waals surface area contributed by atoms with Crippen LogP contribution in [0.15, 0.2) is 30.7 Å². The van der Waals surface area contributed by atoms with Gasteiger partial charge in [0, 0.05) is 24.3 Å². The summed E-state index contributed by atoms with van der Waals surface area (Å²) in [4.78, 5) is 40.9. The summed E-state index contributed by atoms with van der Waals surface area (Å²) >= 11 is 0. The van der Waals surface area contributed by atoms with Gasteiger partial charge in [-0.3, -0.25) is 14.7 Å². The molecule has 3 heterocycles. The van der Waals surface area contributed by atoms with Crippen molar-refractivity contribution < 1.29 is 22.8 Å². The molecule has 0 N–H and O–H groups in total. The quantitative estimate of drug-likeness (QED) is 0.665. The molecular formula is C21H24F3N5O2. The van der Waals surface area contributed by atoms with Gasteiger partial charge in [-0.25, -0.2) is 14.8 Å². The highest BCUT2D eigenvalue weighted by Crippen LogP contribution is 2.29. The van der Waals surface area contributed by atoms with Gasteiger partial charge in [-0.2, -0.15) is 13.2 Å². The molecule has 0 saturated carbocycles. The second-order valence-corrected chi connectivity index (χ2v) is 7.83. The van der Waals surface area contributed by atoms with Gasteiger partial charge in [0.2, 0.25) is 5.95 Å². The van der Waals surface area contributed by atoms with Crippen LogP contribution >= 0.6 is 0 Å². The zero-order valence-electron chi connectivity index (χ0n) is 17.6. The summed E-state index contributed by atoms with van der Waals surface area (Å²) in [6.07, 6.45) is 0.318. The van der Waals surface area contributed by atoms with Crippen LogP contribution < -0.4 is 4.90 Å². The number of anilines is 1. The highest BCUT2D eigenvalue weighted by molar-refractivity contribution is 5.96. The molecule has 1 aliphatic rings. The molecular weight excluding hydrogens is 411 g/mol. The molecule has 1 saturated heterocycles. The lowest BCUT2D eigenvalue weighted by molar-refractivity contribution is -0.137. The number of urea groups is 1. The van der Waals surface area contributed by atoms with Gasteiger partial charge in [0.25, 0.3) is 0 Å². The summed E-state index contributed by atoms with van der Waals surface area (Å²) in [6, 6.07) is 1.07. The van der Waals surface area contributed by atoms with E-state index in [4.69, 9.17) is 0 Å². The number of hydrogen-bond donors (Lipinski definition) is 0. The SMILES string of the molecule is CCc1cnc(N2C[C@H](C(C)C)N(CC(=O)Cc3cc(C(F)(F)F)ccn3)C2=O)nc1. The molecule has 1 fully saturated rings. The molecule has 1 atom stereocenters. The number of Topliss-reactive ketones (excluding diaryl/α,β-unsaturated/α-hetero) is 1. The first-order valence-electron chi connectivity index (χ1n) is 10.0. The predicted molar refractivity (Wildman–Crippen MR) is 107 cm³/mol. The van der Waals surface area contributed by atoms with E-state index in [0.717, 1.165) is 30.3 Å². The van der Waals surface area contributed by atoms with Gasteiger partial charge in [-0.05, 0) is 30.0 Å². The normalized spacial score (nSPS) is 17.0. The Hall–Kier alpha value is -3.04. The van der Waals surface area contributed by atoms with E-state index in [2.05, 4.69) is 15.0 Å². The maximum Gasteiger partial charge on any atom is 0.416 e. The Labute approximate surface area is 178 Å². The van der Waals surface area contributed by atoms with Crippen molar-refractivity contribution >= 4 is 17.8 Å². The van der Waals surface area contributed by atoms with E-state index in [1.54, 1.807) is 12.4 Å². The number of rotatable bonds is 7. The zero-order chi connectivity index (χ0) is 22.8. The molecule has 2 amide bonds. The first kappa shape index (κ1) is 22.6. The van der Waals surface area contributed by atoms with E-state index in [0.29, 0.717) is 6.54 Å². The van der Waals surface area contributed by atoms with Crippen molar-refractivity contribution in [2.45, 2.75) is 45.8 Å². The molecule has 0 bridgehead atoms. The Balaban J connectivity index is 1.74. The largest absolute Gasteiger partial charge is 0.416 e. The third kappa shape index (κ3) is 5.18. The third-order valence-electron chi connectivity index (χ3n) is 5.23. The second-order valence-electron chi connectivity index (χ2n) is 7.83. The summed E-state index contributed by atoms with van der Waals surface area (Å²) in [5.74, 6) is -0.0689. The number of amides is 2. The molecule has 0 unspecified atom stereocenters. The smallest absolute Gasteiger partial charge is 0.312 e. The number of alkyl halides is 3. The summed E-state index contributed by atoms with van der Waals surface area (Å²) in [5.41, 5.74) is 0.0980. The van der Waals surface area contributed by atoms with Crippen LogP contribution in [0.25, 0.3) is 0 Å². The van der Waals surface area contributed by atoms with Gasteiger partial charge in [0.05, 0.1) is 31.1 Å². The molecule has 2 aromatic rings. The minimum absolute atomic E-state index is 0.0166. The van der Waals surface area contributed by atoms with Gasteiger partial charge in [0.1, 0.15) is 0 Å². The predicted octanol–water partition coefficient (Wildman–Crippen LogP) is 3.53. The molecule has 31 heavy (non-hydrogen) atoms. The van der Waals surface area contributed by atoms with Gasteiger partial charge < -0.3 is 4.90 Å². The Kier molecular flexibility index (Phi) is 6.56. The summed E-state index contributed by atoms with van der Waals surface area (Å²) in [6.45, 7) is 5.96. The Morgan fingerprint density at radius 1 is 1.23 bits per heavy atom. The average Bonchev–Trinajstić information content (AvgIpc) is 3.04. The molecule has 0 aliphatic carbocycles. The Bertz CT molecular complexity index is 947. The average molecular weight is 435 g/mol. The first-order chi connectivity index (χ1) is 14.6. The standard InChI is InChI=1S/C21H24F3N5O2/c1-4-14-9-26-19(27-10-14)29-12-18(13(2)3)28(20(29)31)11-17(30)8-16-7-15(5-6-25-16)21(22,23)24/h5-7,9-10,13,18H,4,8,11-12H2,1-3H3/t18-/m1/s1. The fourth-order valence-corrected chi connectivity index (χ4v) is 3.45. The molecule has 1 aliphatic heterocycles. The van der Waals surface area contributed by atoms with Crippen molar-refractivity contribution in [2.75, 3.05) is 18.0 Å². The van der Waals surface area contributed by atoms with Crippen molar-refractivity contribution in [2.24, 2.45) is 5.92 Å². The number of halogens is 3. The summed E-state index contributed by atoms with van der Waals surface area (Å²) in [7, 11) is 0. The van der Waals surface area contributed by atoms with Gasteiger partial charge >= 0.3 is 12.2 Å². The number of carbonyl (C=O) groups is 2. The van der Waals surface area contributed by atoms with Crippen LogP contribution in [0.3, 0.4) is 0 Å². The highest BCUT2D eigenvalue weighted by atomic mass is 19.4. The van der Waals surface area contributed by atoms with E-state index in [1.807, 2.05) is 20.8 Å². The van der Waals surface area contributed by atoms with Crippen LogP contribution in [0, 0.1) is 5.92 Å². The number of hydrogen-bond acceptors (Lipinski definition) is 5. The Morgan fingerprint density at radius 3 is 2.48 bits per heavy atom. The van der Waals surface area contributed by atoms with Crippen LogP contribution in [0.5, 0.6) is 0 Å². The number of aromatic nitrogens is 3. The zero-order valence-corrected chi connectivity index (χ0v) is 17.6. The lowest BCUT2D eigenvalue weighted by Gasteiger charge is -2.25. The van der Waals surface area contributed by atoms with Crippen molar-refractivity contribution in [1.29, 1.82) is 0 Å². The topological polar surface area (TPSA) is 79.3 Å². The number of aryl methyl sites for hydroxylation is 1. The number of pyridine rings is 1. The summed E-state index contributed by atoms with van der Waals surface area (Å²) in [5, 5.41) is 0. The van der Waals surface area contributed by atoms with E-state index >= 15 is 0 Å². The molecule has 0 spiro atoms. The van der Waals surface area contributed by atoms with Crippen molar-refractivity contribution in [3.8, 4) is 0 Å². The van der Waals surface area contributed by atoms with Gasteiger partial charge in [0.15, 0.2) is 5.78 Å². The fraction of sp³-hybridized carbons (Fsp3) is 0.476. The van der Waals surface area contributed by atoms with E-state index in [1.165, 1.54) is 9.80 Å². The van der Waals surface area contributed by atoms with E-state index in [-0.39, 0.29) is 36.6 Å². The highest BCUT2D eigenvalue weighted by Gasteiger charge is 2.41. The molecule has 10 heteroatoms. The maximum absolute atomic E-state index is 13.0. The molecule has 166 valence electrons. The minimum Gasteiger partial charge on any atom is -0.312 e. The Morgan fingerprint density at radius 2 is 1.90 bits per heavy atom. The molecule has 7 nitrogen and oxygen atoms in total. The minimum atomic E-state index is -4.51. The molecule has 3 rings (SSSR count). The van der Waals surface area contributed by atoms with Crippen molar-refractivity contribution in [1.82, 2.24) is 19.9 Å². The molecule has 0 radical (unpaired) electrons. The number of nitrogens with zero attached hydrogens (tertiary/aromatic N) is 5. The van der Waals surface area contributed by atoms with Crippen molar-refractivity contribution in [3.05, 3.63) is 47.5 Å². The van der Waals surface area contributed by atoms with Gasteiger partial charge in [-0.1, -0.05) is 20.8 Å². The maximum atomic E-state index is 13.0. The number of carbonyl (C=O) groups excluding carboxylic acids is 2. The lowest BCUT2D eigenvalue weighted by atomic mass is 10.0. The molecule has 2 aromatic heterocycles. The van der Waals surface area contributed by atoms with Crippen LogP contribution in [-0.4, -0.2) is 50.8 Å². The number of ketones is 1. The molecule has 0 aromatic carbocycles. The van der Waals surface area contributed by atoms with Crippen LogP contribution in [0.1, 0.15) is 37.6 Å². The summed E-state index contributed by atoms with van der Waals surface area (Å²) < 4.78 is 38.7. The second kappa shape index (κ2) is 8.99. The van der Waals surface area contributed by atoms with E-state index in [9.17, 15) is 22.8 Å². The van der Waals surface area contributed by atoms with Crippen LogP contribution in [0.4, 0.5) is 23.9 Å². The van der Waals surface area contributed by atoms with Crippen LogP contribution in [-0.2, 0) is 23.8 Å². The lowest BCUT2D eigenvalue weighted by Crippen LogP contribution is -2.41. The first-order valence-corrected chi connectivity index (χ1v) is 10.0.